The van der Waals surface area contributed by atoms with E-state index < -0.39 is 11.5 Å². The third kappa shape index (κ3) is 2.96. The van der Waals surface area contributed by atoms with Crippen molar-refractivity contribution in [1.29, 1.82) is 0 Å². The van der Waals surface area contributed by atoms with E-state index in [0.717, 1.165) is 22.9 Å². The lowest BCUT2D eigenvalue weighted by Crippen LogP contribution is -2.48. The van der Waals surface area contributed by atoms with Gasteiger partial charge in [0.15, 0.2) is 0 Å². The Kier molecular flexibility index (Phi) is 4.35. The van der Waals surface area contributed by atoms with Crippen LogP contribution in [0.15, 0.2) is 36.5 Å². The van der Waals surface area contributed by atoms with Crippen molar-refractivity contribution in [3.05, 3.63) is 42.1 Å². The zero-order valence-corrected chi connectivity index (χ0v) is 11.9. The second kappa shape index (κ2) is 6.01. The summed E-state index contributed by atoms with van der Waals surface area (Å²) in [5.74, 6) is -0.808. The van der Waals surface area contributed by atoms with E-state index in [9.17, 15) is 9.90 Å². The molecule has 0 fully saturated rings. The van der Waals surface area contributed by atoms with E-state index >= 15 is 0 Å². The van der Waals surface area contributed by atoms with Crippen LogP contribution in [0.25, 0.3) is 10.9 Å². The molecule has 4 heteroatoms. The Balaban J connectivity index is 2.22. The molecule has 0 spiro atoms. The van der Waals surface area contributed by atoms with Crippen molar-refractivity contribution in [1.82, 2.24) is 10.3 Å². The first-order chi connectivity index (χ1) is 9.57. The van der Waals surface area contributed by atoms with Crippen LogP contribution in [-0.4, -0.2) is 21.6 Å². The van der Waals surface area contributed by atoms with Crippen LogP contribution in [-0.2, 0) is 11.3 Å². The van der Waals surface area contributed by atoms with Crippen molar-refractivity contribution >= 4 is 16.9 Å². The first-order valence-electron chi connectivity index (χ1n) is 6.88. The number of carboxylic acid groups (broad SMARTS) is 1. The Morgan fingerprint density at radius 3 is 2.80 bits per heavy atom. The molecule has 20 heavy (non-hydrogen) atoms. The molecule has 0 aliphatic rings. The van der Waals surface area contributed by atoms with Crippen LogP contribution in [0.5, 0.6) is 0 Å². The Morgan fingerprint density at radius 1 is 1.35 bits per heavy atom. The second-order valence-corrected chi connectivity index (χ2v) is 5.23. The third-order valence-electron chi connectivity index (χ3n) is 3.63. The molecule has 106 valence electrons. The lowest BCUT2D eigenvalue weighted by molar-refractivity contribution is -0.144. The number of nitrogens with one attached hydrogen (secondary N) is 1. The van der Waals surface area contributed by atoms with Crippen molar-refractivity contribution in [2.45, 2.75) is 38.8 Å². The quantitative estimate of drug-likeness (QED) is 0.848. The van der Waals surface area contributed by atoms with Crippen molar-refractivity contribution in [2.24, 2.45) is 0 Å². The number of pyridine rings is 1. The maximum absolute atomic E-state index is 11.4. The summed E-state index contributed by atoms with van der Waals surface area (Å²) in [5, 5.41) is 13.6. The number of hydrogen-bond acceptors (Lipinski definition) is 3. The number of para-hydroxylation sites is 1. The molecule has 0 radical (unpaired) electrons. The molecular formula is C16H20N2O2. The van der Waals surface area contributed by atoms with Crippen molar-refractivity contribution in [2.75, 3.05) is 0 Å². The van der Waals surface area contributed by atoms with Crippen molar-refractivity contribution in [3.63, 3.8) is 0 Å². The van der Waals surface area contributed by atoms with Gasteiger partial charge >= 0.3 is 5.97 Å². The fraction of sp³-hybridized carbons (Fsp3) is 0.375. The molecule has 2 aromatic rings. The van der Waals surface area contributed by atoms with Gasteiger partial charge in [0.1, 0.15) is 5.54 Å². The van der Waals surface area contributed by atoms with Crippen molar-refractivity contribution < 1.29 is 9.90 Å². The normalized spacial score (nSPS) is 14.1. The number of nitrogens with zero attached hydrogens (tertiary/aromatic N) is 1. The third-order valence-corrected chi connectivity index (χ3v) is 3.63. The predicted octanol–water partition coefficient (Wildman–Crippen LogP) is 2.97. The van der Waals surface area contributed by atoms with Crippen LogP contribution in [0.1, 0.15) is 32.3 Å². The second-order valence-electron chi connectivity index (χ2n) is 5.23. The summed E-state index contributed by atoms with van der Waals surface area (Å²) in [5.41, 5.74) is 1.11. The lowest BCUT2D eigenvalue weighted by Gasteiger charge is -2.26. The molecule has 2 N–H and O–H groups in total. The van der Waals surface area contributed by atoms with E-state index in [-0.39, 0.29) is 0 Å². The topological polar surface area (TPSA) is 62.2 Å². The summed E-state index contributed by atoms with van der Waals surface area (Å²) in [6.45, 7) is 4.25. The SMILES string of the molecule is CCCC(C)(NCc1ccnc2ccccc12)C(=O)O. The van der Waals surface area contributed by atoms with Gasteiger partial charge < -0.3 is 5.11 Å². The molecule has 0 saturated carbocycles. The van der Waals surface area contributed by atoms with Gasteiger partial charge in [-0.15, -0.1) is 0 Å². The average Bonchev–Trinajstić information content (AvgIpc) is 2.45. The summed E-state index contributed by atoms with van der Waals surface area (Å²) >= 11 is 0. The van der Waals surface area contributed by atoms with Crippen LogP contribution < -0.4 is 5.32 Å². The highest BCUT2D eigenvalue weighted by molar-refractivity contribution is 5.82. The first kappa shape index (κ1) is 14.5. The average molecular weight is 272 g/mol. The van der Waals surface area contributed by atoms with Gasteiger partial charge in [0.2, 0.25) is 0 Å². The zero-order chi connectivity index (χ0) is 14.6. The number of hydrogen-bond donors (Lipinski definition) is 2. The number of fused-ring (bicyclic) bond motifs is 1. The Labute approximate surface area is 118 Å². The Morgan fingerprint density at radius 2 is 2.10 bits per heavy atom. The molecule has 0 bridgehead atoms. The van der Waals surface area contributed by atoms with Crippen LogP contribution in [0, 0.1) is 0 Å². The maximum atomic E-state index is 11.4. The van der Waals surface area contributed by atoms with E-state index in [1.807, 2.05) is 37.3 Å². The van der Waals surface area contributed by atoms with E-state index in [4.69, 9.17) is 0 Å². The smallest absolute Gasteiger partial charge is 0.323 e. The van der Waals surface area contributed by atoms with Gasteiger partial charge in [-0.2, -0.15) is 0 Å². The molecule has 0 saturated heterocycles. The van der Waals surface area contributed by atoms with Crippen LogP contribution in [0.3, 0.4) is 0 Å². The van der Waals surface area contributed by atoms with Gasteiger partial charge in [-0.05, 0) is 31.0 Å². The summed E-state index contributed by atoms with van der Waals surface area (Å²) in [6.07, 6.45) is 3.19. The monoisotopic (exact) mass is 272 g/mol. The summed E-state index contributed by atoms with van der Waals surface area (Å²) in [6, 6.07) is 9.82. The summed E-state index contributed by atoms with van der Waals surface area (Å²) in [4.78, 5) is 15.7. The highest BCUT2D eigenvalue weighted by Crippen LogP contribution is 2.18. The van der Waals surface area contributed by atoms with Crippen molar-refractivity contribution in [3.8, 4) is 0 Å². The molecule has 0 amide bonds. The molecule has 1 aromatic carbocycles. The predicted molar refractivity (Wildman–Crippen MR) is 79.5 cm³/mol. The molecule has 1 unspecified atom stereocenters. The minimum atomic E-state index is -0.890. The molecule has 1 aromatic heterocycles. The lowest BCUT2D eigenvalue weighted by atomic mass is 9.95. The van der Waals surface area contributed by atoms with E-state index in [0.29, 0.717) is 13.0 Å². The van der Waals surface area contributed by atoms with Gasteiger partial charge in [-0.1, -0.05) is 31.5 Å². The minimum Gasteiger partial charge on any atom is -0.480 e. The number of benzene rings is 1. The summed E-state index contributed by atoms with van der Waals surface area (Å²) in [7, 11) is 0. The molecule has 2 rings (SSSR count). The number of carbonyl (C=O) groups is 1. The number of aromatic nitrogens is 1. The number of carboxylic acids is 1. The van der Waals surface area contributed by atoms with Gasteiger partial charge in [-0.25, -0.2) is 0 Å². The Hall–Kier alpha value is -1.94. The molecule has 0 aliphatic carbocycles. The van der Waals surface area contributed by atoms with Gasteiger partial charge in [0.25, 0.3) is 0 Å². The van der Waals surface area contributed by atoms with Crippen LogP contribution in [0.2, 0.25) is 0 Å². The molecule has 1 heterocycles. The highest BCUT2D eigenvalue weighted by atomic mass is 16.4. The van der Waals surface area contributed by atoms with E-state index in [2.05, 4.69) is 10.3 Å². The standard InChI is InChI=1S/C16H20N2O2/c1-3-9-16(2,15(19)20)18-11-12-8-10-17-14-7-5-4-6-13(12)14/h4-8,10,18H,3,9,11H2,1-2H3,(H,19,20). The van der Waals surface area contributed by atoms with Gasteiger partial charge in [-0.3, -0.25) is 15.1 Å². The molecule has 0 aliphatic heterocycles. The van der Waals surface area contributed by atoms with Gasteiger partial charge in [0.05, 0.1) is 5.52 Å². The Bertz CT molecular complexity index is 607. The first-order valence-corrected chi connectivity index (χ1v) is 6.88. The molecule has 1 atom stereocenters. The van der Waals surface area contributed by atoms with Gasteiger partial charge in [0, 0.05) is 18.1 Å². The summed E-state index contributed by atoms with van der Waals surface area (Å²) < 4.78 is 0. The minimum absolute atomic E-state index is 0.520. The van der Waals surface area contributed by atoms with Crippen LogP contribution >= 0.6 is 0 Å². The fourth-order valence-electron chi connectivity index (χ4n) is 2.37. The largest absolute Gasteiger partial charge is 0.480 e. The molecular weight excluding hydrogens is 252 g/mol. The fourth-order valence-corrected chi connectivity index (χ4v) is 2.37. The van der Waals surface area contributed by atoms with E-state index in [1.165, 1.54) is 0 Å². The number of aliphatic carboxylic acids is 1. The molecule has 4 nitrogen and oxygen atoms in total. The highest BCUT2D eigenvalue weighted by Gasteiger charge is 2.31. The maximum Gasteiger partial charge on any atom is 0.323 e. The number of rotatable bonds is 6. The zero-order valence-electron chi connectivity index (χ0n) is 11.9. The van der Waals surface area contributed by atoms with E-state index in [1.54, 1.807) is 13.1 Å². The van der Waals surface area contributed by atoms with Crippen LogP contribution in [0.4, 0.5) is 0 Å².